The van der Waals surface area contributed by atoms with Gasteiger partial charge in [0.15, 0.2) is 0 Å². The van der Waals surface area contributed by atoms with Crippen LogP contribution in [-0.2, 0) is 22.6 Å². The summed E-state index contributed by atoms with van der Waals surface area (Å²) < 4.78 is 7.94. The molecule has 0 radical (unpaired) electrons. The van der Waals surface area contributed by atoms with Crippen molar-refractivity contribution in [2.24, 2.45) is 0 Å². The van der Waals surface area contributed by atoms with Crippen molar-refractivity contribution >= 4 is 21.9 Å². The highest BCUT2D eigenvalue weighted by Gasteiger charge is 2.17. The Balaban J connectivity index is 2.84. The van der Waals surface area contributed by atoms with Crippen LogP contribution in [0.15, 0.2) is 17.1 Å². The predicted molar refractivity (Wildman–Crippen MR) is 82.4 cm³/mol. The number of rotatable bonds is 8. The van der Waals surface area contributed by atoms with Gasteiger partial charge in [0.25, 0.3) is 0 Å². The second kappa shape index (κ2) is 8.21. The van der Waals surface area contributed by atoms with Gasteiger partial charge < -0.3 is 4.74 Å². The molecule has 0 atom stereocenters. The third-order valence-corrected chi connectivity index (χ3v) is 3.90. The van der Waals surface area contributed by atoms with Gasteiger partial charge in [0, 0.05) is 19.6 Å². The van der Waals surface area contributed by atoms with Crippen molar-refractivity contribution in [1.82, 2.24) is 14.7 Å². The zero-order valence-corrected chi connectivity index (χ0v) is 13.9. The summed E-state index contributed by atoms with van der Waals surface area (Å²) in [6.07, 6.45) is 1.78. The molecule has 0 saturated heterocycles. The summed E-state index contributed by atoms with van der Waals surface area (Å²) in [6, 6.07) is 0. The highest BCUT2D eigenvalue weighted by Crippen LogP contribution is 2.22. The molecule has 0 amide bonds. The smallest absolute Gasteiger partial charge is 0.320 e. The van der Waals surface area contributed by atoms with E-state index in [-0.39, 0.29) is 12.5 Å². The number of hydrogen-bond donors (Lipinski definition) is 0. The quantitative estimate of drug-likeness (QED) is 0.537. The maximum Gasteiger partial charge on any atom is 0.320 e. The van der Waals surface area contributed by atoms with E-state index in [2.05, 4.69) is 27.6 Å². The molecule has 0 aliphatic heterocycles. The van der Waals surface area contributed by atoms with Crippen LogP contribution < -0.4 is 0 Å². The molecule has 1 rings (SSSR count). The van der Waals surface area contributed by atoms with Crippen molar-refractivity contribution in [3.63, 3.8) is 0 Å². The average Bonchev–Trinajstić information content (AvgIpc) is 2.67. The first-order valence-corrected chi connectivity index (χ1v) is 7.53. The average molecular weight is 344 g/mol. The first kappa shape index (κ1) is 16.9. The highest BCUT2D eigenvalue weighted by atomic mass is 79.9. The van der Waals surface area contributed by atoms with Crippen LogP contribution in [0, 0.1) is 6.92 Å². The lowest BCUT2D eigenvalue weighted by Gasteiger charge is -2.20. The third kappa shape index (κ3) is 4.45. The molecule has 0 N–H and O–H groups in total. The van der Waals surface area contributed by atoms with E-state index in [0.717, 1.165) is 22.4 Å². The fraction of sp³-hybridized carbons (Fsp3) is 0.571. The maximum atomic E-state index is 11.6. The van der Waals surface area contributed by atoms with E-state index in [1.165, 1.54) is 0 Å². The topological polar surface area (TPSA) is 47.4 Å². The minimum atomic E-state index is -0.218. The standard InChI is InChI=1S/C14H22BrN3O2/c1-5-8-17(10-13(19)20-7-3)9-12-14(15)11(4)16-18(12)6-2/h5H,1,6-10H2,2-4H3. The molecule has 0 saturated carbocycles. The summed E-state index contributed by atoms with van der Waals surface area (Å²) >= 11 is 3.57. The molecule has 20 heavy (non-hydrogen) atoms. The molecule has 5 nitrogen and oxygen atoms in total. The Morgan fingerprint density at radius 3 is 2.80 bits per heavy atom. The fourth-order valence-corrected chi connectivity index (χ4v) is 2.40. The molecule has 0 spiro atoms. The van der Waals surface area contributed by atoms with Crippen LogP contribution in [0.4, 0.5) is 0 Å². The van der Waals surface area contributed by atoms with Crippen molar-refractivity contribution in [1.29, 1.82) is 0 Å². The largest absolute Gasteiger partial charge is 0.465 e. The number of hydrogen-bond acceptors (Lipinski definition) is 4. The maximum absolute atomic E-state index is 11.6. The Morgan fingerprint density at radius 2 is 2.25 bits per heavy atom. The summed E-state index contributed by atoms with van der Waals surface area (Å²) in [6.45, 7) is 12.2. The number of aryl methyl sites for hydroxylation is 2. The van der Waals surface area contributed by atoms with Gasteiger partial charge in [0.05, 0.1) is 29.0 Å². The van der Waals surface area contributed by atoms with Gasteiger partial charge in [-0.3, -0.25) is 14.4 Å². The summed E-state index contributed by atoms with van der Waals surface area (Å²) in [5, 5.41) is 4.46. The zero-order valence-electron chi connectivity index (χ0n) is 12.4. The number of esters is 1. The number of ether oxygens (including phenoxy) is 1. The summed E-state index contributed by atoms with van der Waals surface area (Å²) in [5.74, 6) is -0.218. The van der Waals surface area contributed by atoms with Crippen LogP contribution in [0.5, 0.6) is 0 Å². The van der Waals surface area contributed by atoms with E-state index >= 15 is 0 Å². The zero-order chi connectivity index (χ0) is 15.1. The van der Waals surface area contributed by atoms with E-state index in [0.29, 0.717) is 19.7 Å². The first-order valence-electron chi connectivity index (χ1n) is 6.74. The first-order chi connectivity index (χ1) is 9.53. The van der Waals surface area contributed by atoms with Gasteiger partial charge in [-0.1, -0.05) is 6.08 Å². The Labute approximate surface area is 128 Å². The molecule has 0 aliphatic rings. The number of nitrogens with zero attached hydrogens (tertiary/aromatic N) is 3. The summed E-state index contributed by atoms with van der Waals surface area (Å²) in [4.78, 5) is 13.6. The second-order valence-electron chi connectivity index (χ2n) is 4.43. The number of halogens is 1. The van der Waals surface area contributed by atoms with Crippen LogP contribution in [0.3, 0.4) is 0 Å². The van der Waals surface area contributed by atoms with Gasteiger partial charge in [-0.2, -0.15) is 5.10 Å². The minimum Gasteiger partial charge on any atom is -0.465 e. The molecule has 1 heterocycles. The molecular formula is C14H22BrN3O2. The van der Waals surface area contributed by atoms with Gasteiger partial charge in [-0.25, -0.2) is 0 Å². The Kier molecular flexibility index (Phi) is 6.95. The molecular weight excluding hydrogens is 322 g/mol. The van der Waals surface area contributed by atoms with Gasteiger partial charge >= 0.3 is 5.97 Å². The molecule has 0 aromatic carbocycles. The van der Waals surface area contributed by atoms with Crippen molar-refractivity contribution in [2.75, 3.05) is 19.7 Å². The lowest BCUT2D eigenvalue weighted by Crippen LogP contribution is -2.31. The van der Waals surface area contributed by atoms with Crippen LogP contribution >= 0.6 is 15.9 Å². The normalized spacial score (nSPS) is 10.8. The Bertz CT molecular complexity index is 471. The number of carbonyl (C=O) groups is 1. The number of aromatic nitrogens is 2. The van der Waals surface area contributed by atoms with E-state index < -0.39 is 0 Å². The lowest BCUT2D eigenvalue weighted by molar-refractivity contribution is -0.144. The minimum absolute atomic E-state index is 0.218. The molecule has 6 heteroatoms. The van der Waals surface area contributed by atoms with Crippen molar-refractivity contribution < 1.29 is 9.53 Å². The van der Waals surface area contributed by atoms with Gasteiger partial charge in [-0.15, -0.1) is 6.58 Å². The summed E-state index contributed by atoms with van der Waals surface area (Å²) in [7, 11) is 0. The van der Waals surface area contributed by atoms with Crippen LogP contribution in [-0.4, -0.2) is 40.3 Å². The third-order valence-electron chi connectivity index (χ3n) is 2.87. The van der Waals surface area contributed by atoms with Crippen molar-refractivity contribution in [3.05, 3.63) is 28.5 Å². The van der Waals surface area contributed by atoms with Crippen LogP contribution in [0.25, 0.3) is 0 Å². The van der Waals surface area contributed by atoms with E-state index in [1.54, 1.807) is 6.08 Å². The molecule has 0 fully saturated rings. The van der Waals surface area contributed by atoms with Gasteiger partial charge in [-0.05, 0) is 36.7 Å². The molecule has 1 aromatic rings. The van der Waals surface area contributed by atoms with Crippen LogP contribution in [0.2, 0.25) is 0 Å². The monoisotopic (exact) mass is 343 g/mol. The lowest BCUT2D eigenvalue weighted by atomic mass is 10.3. The fourth-order valence-electron chi connectivity index (χ4n) is 1.99. The molecule has 1 aromatic heterocycles. The van der Waals surface area contributed by atoms with Crippen LogP contribution in [0.1, 0.15) is 25.2 Å². The highest BCUT2D eigenvalue weighted by molar-refractivity contribution is 9.10. The predicted octanol–water partition coefficient (Wildman–Crippen LogP) is 2.53. The molecule has 0 bridgehead atoms. The molecule has 112 valence electrons. The molecule has 0 aliphatic carbocycles. The SMILES string of the molecule is C=CCN(CC(=O)OCC)Cc1c(Br)c(C)nn1CC. The Morgan fingerprint density at radius 1 is 1.55 bits per heavy atom. The van der Waals surface area contributed by atoms with Gasteiger partial charge in [0.1, 0.15) is 0 Å². The van der Waals surface area contributed by atoms with Gasteiger partial charge in [0.2, 0.25) is 0 Å². The molecule has 0 unspecified atom stereocenters. The van der Waals surface area contributed by atoms with E-state index in [9.17, 15) is 4.79 Å². The van der Waals surface area contributed by atoms with Crippen molar-refractivity contribution in [3.8, 4) is 0 Å². The summed E-state index contributed by atoms with van der Waals surface area (Å²) in [5.41, 5.74) is 2.02. The van der Waals surface area contributed by atoms with Crippen molar-refractivity contribution in [2.45, 2.75) is 33.9 Å². The van der Waals surface area contributed by atoms with E-state index in [1.807, 2.05) is 30.4 Å². The number of carbonyl (C=O) groups excluding carboxylic acids is 1. The van der Waals surface area contributed by atoms with E-state index in [4.69, 9.17) is 4.74 Å². The Hall–Kier alpha value is -1.14. The second-order valence-corrected chi connectivity index (χ2v) is 5.22.